The topological polar surface area (TPSA) is 53.1 Å². The minimum atomic E-state index is 0.143. The lowest BCUT2D eigenvalue weighted by atomic mass is 10.1. The zero-order chi connectivity index (χ0) is 11.7. The highest BCUT2D eigenvalue weighted by atomic mass is 15.2. The second-order valence-electron chi connectivity index (χ2n) is 4.43. The van der Waals surface area contributed by atoms with Crippen LogP contribution in [0.4, 0.5) is 5.69 Å². The van der Waals surface area contributed by atoms with Crippen LogP contribution >= 0.6 is 0 Å². The number of hydrogen-bond donors (Lipinski definition) is 2. The average Bonchev–Trinajstić information content (AvgIpc) is 3.05. The molecule has 1 fully saturated rings. The van der Waals surface area contributed by atoms with Crippen LogP contribution in [0, 0.1) is 12.3 Å². The van der Waals surface area contributed by atoms with Crippen molar-refractivity contribution in [1.82, 2.24) is 0 Å². The van der Waals surface area contributed by atoms with Crippen molar-refractivity contribution in [2.75, 3.05) is 11.4 Å². The predicted octanol–water partition coefficient (Wildman–Crippen LogP) is 2.27. The molecule has 0 amide bonds. The molecule has 16 heavy (non-hydrogen) atoms. The molecule has 1 aliphatic carbocycles. The third-order valence-corrected chi connectivity index (χ3v) is 3.15. The molecule has 0 aliphatic heterocycles. The fourth-order valence-corrected chi connectivity index (χ4v) is 2.16. The van der Waals surface area contributed by atoms with Crippen LogP contribution in [0.3, 0.4) is 0 Å². The van der Waals surface area contributed by atoms with Gasteiger partial charge in [0.05, 0.1) is 0 Å². The first-order valence-electron chi connectivity index (χ1n) is 5.85. The molecule has 3 N–H and O–H groups in total. The van der Waals surface area contributed by atoms with E-state index in [0.29, 0.717) is 0 Å². The van der Waals surface area contributed by atoms with Crippen LogP contribution < -0.4 is 10.6 Å². The SMILES string of the molecule is CCN(c1ccc(C(=N)N)cc1C)C1CC1. The number of aryl methyl sites for hydroxylation is 1. The Morgan fingerprint density at radius 2 is 2.19 bits per heavy atom. The molecular formula is C13H19N3. The molecule has 0 aromatic heterocycles. The van der Waals surface area contributed by atoms with Crippen molar-refractivity contribution >= 4 is 11.5 Å². The number of hydrogen-bond acceptors (Lipinski definition) is 2. The summed E-state index contributed by atoms with van der Waals surface area (Å²) in [5, 5.41) is 7.42. The second-order valence-corrected chi connectivity index (χ2v) is 4.43. The van der Waals surface area contributed by atoms with Gasteiger partial charge in [-0.2, -0.15) is 0 Å². The second kappa shape index (κ2) is 4.16. The number of benzene rings is 1. The van der Waals surface area contributed by atoms with Gasteiger partial charge in [0.25, 0.3) is 0 Å². The van der Waals surface area contributed by atoms with E-state index < -0.39 is 0 Å². The molecule has 0 radical (unpaired) electrons. The lowest BCUT2D eigenvalue weighted by Gasteiger charge is -2.25. The molecule has 0 atom stereocenters. The van der Waals surface area contributed by atoms with Gasteiger partial charge in [0.2, 0.25) is 0 Å². The fourth-order valence-electron chi connectivity index (χ4n) is 2.16. The molecule has 3 nitrogen and oxygen atoms in total. The van der Waals surface area contributed by atoms with E-state index in [9.17, 15) is 0 Å². The maximum absolute atomic E-state index is 7.42. The molecule has 86 valence electrons. The van der Waals surface area contributed by atoms with E-state index in [-0.39, 0.29) is 5.84 Å². The van der Waals surface area contributed by atoms with Crippen molar-refractivity contribution in [2.45, 2.75) is 32.7 Å². The molecule has 0 unspecified atom stereocenters. The smallest absolute Gasteiger partial charge is 0.122 e. The lowest BCUT2D eigenvalue weighted by Crippen LogP contribution is -2.26. The van der Waals surface area contributed by atoms with E-state index in [4.69, 9.17) is 11.1 Å². The summed E-state index contributed by atoms with van der Waals surface area (Å²) in [5.41, 5.74) is 8.79. The predicted molar refractivity (Wildman–Crippen MR) is 68.2 cm³/mol. The summed E-state index contributed by atoms with van der Waals surface area (Å²) in [6.45, 7) is 5.33. The molecule has 0 spiro atoms. The molecular weight excluding hydrogens is 198 g/mol. The Morgan fingerprint density at radius 1 is 1.50 bits per heavy atom. The van der Waals surface area contributed by atoms with Gasteiger partial charge in [-0.25, -0.2) is 0 Å². The molecule has 0 bridgehead atoms. The van der Waals surface area contributed by atoms with Crippen molar-refractivity contribution in [1.29, 1.82) is 5.41 Å². The third-order valence-electron chi connectivity index (χ3n) is 3.15. The van der Waals surface area contributed by atoms with Crippen LogP contribution in [-0.4, -0.2) is 18.4 Å². The van der Waals surface area contributed by atoms with E-state index in [0.717, 1.165) is 18.2 Å². The Hall–Kier alpha value is -1.51. The van der Waals surface area contributed by atoms with Crippen molar-refractivity contribution < 1.29 is 0 Å². The highest BCUT2D eigenvalue weighted by Gasteiger charge is 2.28. The maximum Gasteiger partial charge on any atom is 0.122 e. The van der Waals surface area contributed by atoms with Gasteiger partial charge in [0, 0.05) is 23.8 Å². The van der Waals surface area contributed by atoms with E-state index in [1.807, 2.05) is 12.1 Å². The number of rotatable bonds is 4. The molecule has 1 aliphatic rings. The van der Waals surface area contributed by atoms with Gasteiger partial charge in [-0.05, 0) is 50.5 Å². The first kappa shape index (κ1) is 11.0. The Balaban J connectivity index is 2.30. The van der Waals surface area contributed by atoms with Crippen LogP contribution in [0.2, 0.25) is 0 Å². The summed E-state index contributed by atoms with van der Waals surface area (Å²) in [4.78, 5) is 2.44. The molecule has 3 heteroatoms. The number of nitrogens with two attached hydrogens (primary N) is 1. The van der Waals surface area contributed by atoms with Crippen LogP contribution in [0.15, 0.2) is 18.2 Å². The van der Waals surface area contributed by atoms with Crippen molar-refractivity contribution in [3.63, 3.8) is 0 Å². The Labute approximate surface area is 96.8 Å². The maximum atomic E-state index is 7.42. The van der Waals surface area contributed by atoms with Gasteiger partial charge in [-0.15, -0.1) is 0 Å². The monoisotopic (exact) mass is 217 g/mol. The highest BCUT2D eigenvalue weighted by Crippen LogP contribution is 2.33. The van der Waals surface area contributed by atoms with Gasteiger partial charge < -0.3 is 10.6 Å². The molecule has 0 heterocycles. The fraction of sp³-hybridized carbons (Fsp3) is 0.462. The standard InChI is InChI=1S/C13H19N3/c1-3-16(11-5-6-11)12-7-4-10(13(14)15)8-9(12)2/h4,7-8,11H,3,5-6H2,1-2H3,(H3,14,15). The van der Waals surface area contributed by atoms with Gasteiger partial charge in [-0.1, -0.05) is 0 Å². The van der Waals surface area contributed by atoms with Gasteiger partial charge in [0.1, 0.15) is 5.84 Å². The van der Waals surface area contributed by atoms with Crippen molar-refractivity contribution in [3.05, 3.63) is 29.3 Å². The Kier molecular flexibility index (Phi) is 2.86. The number of nitrogens with one attached hydrogen (secondary N) is 1. The minimum absolute atomic E-state index is 0.143. The molecule has 2 rings (SSSR count). The van der Waals surface area contributed by atoms with Gasteiger partial charge in [0.15, 0.2) is 0 Å². The molecule has 1 saturated carbocycles. The minimum Gasteiger partial charge on any atom is -0.384 e. The van der Waals surface area contributed by atoms with E-state index in [1.165, 1.54) is 24.1 Å². The lowest BCUT2D eigenvalue weighted by molar-refractivity contribution is 0.822. The number of nitrogens with zero attached hydrogens (tertiary/aromatic N) is 1. The summed E-state index contributed by atoms with van der Waals surface area (Å²) >= 11 is 0. The van der Waals surface area contributed by atoms with E-state index >= 15 is 0 Å². The summed E-state index contributed by atoms with van der Waals surface area (Å²) < 4.78 is 0. The van der Waals surface area contributed by atoms with Crippen LogP contribution in [0.1, 0.15) is 30.9 Å². The molecule has 1 aromatic carbocycles. The largest absolute Gasteiger partial charge is 0.384 e. The first-order valence-corrected chi connectivity index (χ1v) is 5.85. The quantitative estimate of drug-likeness (QED) is 0.600. The molecule has 1 aromatic rings. The zero-order valence-electron chi connectivity index (χ0n) is 9.96. The first-order chi connectivity index (χ1) is 7.63. The summed E-state index contributed by atoms with van der Waals surface area (Å²) in [6, 6.07) is 6.76. The molecule has 0 saturated heterocycles. The van der Waals surface area contributed by atoms with E-state index in [1.54, 1.807) is 0 Å². The normalized spacial score (nSPS) is 14.9. The third kappa shape index (κ3) is 2.03. The summed E-state index contributed by atoms with van der Waals surface area (Å²) in [5.74, 6) is 0.143. The number of nitrogen functional groups attached to an aromatic ring is 1. The summed E-state index contributed by atoms with van der Waals surface area (Å²) in [6.07, 6.45) is 2.61. The van der Waals surface area contributed by atoms with E-state index in [2.05, 4.69) is 24.8 Å². The van der Waals surface area contributed by atoms with Gasteiger partial charge >= 0.3 is 0 Å². The number of anilines is 1. The number of amidine groups is 1. The van der Waals surface area contributed by atoms with Crippen LogP contribution in [0.25, 0.3) is 0 Å². The highest BCUT2D eigenvalue weighted by molar-refractivity contribution is 5.95. The Bertz CT molecular complexity index is 408. The zero-order valence-corrected chi connectivity index (χ0v) is 9.96. The van der Waals surface area contributed by atoms with Crippen molar-refractivity contribution in [3.8, 4) is 0 Å². The van der Waals surface area contributed by atoms with Gasteiger partial charge in [-0.3, -0.25) is 5.41 Å². The van der Waals surface area contributed by atoms with Crippen LogP contribution in [0.5, 0.6) is 0 Å². The van der Waals surface area contributed by atoms with Crippen molar-refractivity contribution in [2.24, 2.45) is 5.73 Å². The average molecular weight is 217 g/mol. The van der Waals surface area contributed by atoms with Crippen LogP contribution in [-0.2, 0) is 0 Å². The summed E-state index contributed by atoms with van der Waals surface area (Å²) in [7, 11) is 0. The Morgan fingerprint density at radius 3 is 2.62 bits per heavy atom.